The summed E-state index contributed by atoms with van der Waals surface area (Å²) in [5.74, 6) is 0. The van der Waals surface area contributed by atoms with Crippen LogP contribution in [-0.4, -0.2) is 42.3 Å². The summed E-state index contributed by atoms with van der Waals surface area (Å²) in [6, 6.07) is 0. The van der Waals surface area contributed by atoms with Crippen molar-refractivity contribution < 1.29 is 8.42 Å². The lowest BCUT2D eigenvalue weighted by Gasteiger charge is -2.19. The van der Waals surface area contributed by atoms with Crippen molar-refractivity contribution in [2.75, 3.05) is 19.6 Å². The van der Waals surface area contributed by atoms with Crippen molar-refractivity contribution in [2.24, 2.45) is 5.73 Å². The number of aromatic amines is 1. The molecule has 0 spiro atoms. The Morgan fingerprint density at radius 2 is 2.27 bits per heavy atom. The average Bonchev–Trinajstić information content (AvgIpc) is 2.70. The minimum absolute atomic E-state index is 0.115. The molecule has 0 aliphatic carbocycles. The summed E-state index contributed by atoms with van der Waals surface area (Å²) in [4.78, 5) is 6.29. The summed E-state index contributed by atoms with van der Waals surface area (Å²) < 4.78 is 25.3. The second-order valence-electron chi connectivity index (χ2n) is 3.11. The molecule has 0 bridgehead atoms. The van der Waals surface area contributed by atoms with Crippen molar-refractivity contribution >= 4 is 10.0 Å². The molecule has 86 valence electrons. The summed E-state index contributed by atoms with van der Waals surface area (Å²) in [5.41, 5.74) is 5.38. The van der Waals surface area contributed by atoms with E-state index in [1.807, 2.05) is 6.92 Å². The number of imidazole rings is 1. The van der Waals surface area contributed by atoms with Crippen molar-refractivity contribution in [3.05, 3.63) is 12.5 Å². The lowest BCUT2D eigenvalue weighted by atomic mass is 10.5. The number of nitrogens with two attached hydrogens (primary N) is 1. The first kappa shape index (κ1) is 12.2. The Morgan fingerprint density at radius 3 is 2.73 bits per heavy atom. The van der Waals surface area contributed by atoms with E-state index in [0.717, 1.165) is 6.42 Å². The fraction of sp³-hybridized carbons (Fsp3) is 0.625. The van der Waals surface area contributed by atoms with Gasteiger partial charge in [-0.3, -0.25) is 0 Å². The van der Waals surface area contributed by atoms with Crippen LogP contribution in [0.15, 0.2) is 17.6 Å². The van der Waals surface area contributed by atoms with E-state index in [9.17, 15) is 8.42 Å². The summed E-state index contributed by atoms with van der Waals surface area (Å²) in [7, 11) is -3.45. The molecule has 1 heterocycles. The van der Waals surface area contributed by atoms with Crippen LogP contribution in [0.4, 0.5) is 0 Å². The molecule has 0 aliphatic rings. The number of H-pyrrole nitrogens is 1. The zero-order chi connectivity index (χ0) is 11.3. The first-order valence-electron chi connectivity index (χ1n) is 4.81. The van der Waals surface area contributed by atoms with Crippen LogP contribution in [0.5, 0.6) is 0 Å². The van der Waals surface area contributed by atoms with Gasteiger partial charge >= 0.3 is 0 Å². The second kappa shape index (κ2) is 5.24. The maximum absolute atomic E-state index is 12.0. The normalized spacial score (nSPS) is 12.2. The Bertz CT molecular complexity index is 367. The lowest BCUT2D eigenvalue weighted by molar-refractivity contribution is 0.416. The number of nitrogens with one attached hydrogen (secondary N) is 1. The van der Waals surface area contributed by atoms with Crippen LogP contribution in [0.1, 0.15) is 13.3 Å². The van der Waals surface area contributed by atoms with Crippen LogP contribution in [0.3, 0.4) is 0 Å². The van der Waals surface area contributed by atoms with Gasteiger partial charge in [-0.25, -0.2) is 13.4 Å². The molecule has 0 aliphatic heterocycles. The lowest BCUT2D eigenvalue weighted by Crippen LogP contribution is -2.36. The van der Waals surface area contributed by atoms with Crippen molar-refractivity contribution in [1.82, 2.24) is 14.3 Å². The van der Waals surface area contributed by atoms with E-state index >= 15 is 0 Å². The predicted molar refractivity (Wildman–Crippen MR) is 56.7 cm³/mol. The SMILES string of the molecule is CCCN(CCN)S(=O)(=O)c1cnc[nH]1. The quantitative estimate of drug-likeness (QED) is 0.708. The molecule has 1 aromatic heterocycles. The molecule has 0 unspecified atom stereocenters. The third-order valence-corrected chi connectivity index (χ3v) is 3.77. The molecular weight excluding hydrogens is 216 g/mol. The smallest absolute Gasteiger partial charge is 0.260 e. The van der Waals surface area contributed by atoms with Gasteiger partial charge < -0.3 is 10.7 Å². The summed E-state index contributed by atoms with van der Waals surface area (Å²) in [6.45, 7) is 3.03. The van der Waals surface area contributed by atoms with Crippen LogP contribution < -0.4 is 5.73 Å². The third kappa shape index (κ3) is 2.77. The van der Waals surface area contributed by atoms with Gasteiger partial charge in [0.05, 0.1) is 12.5 Å². The molecule has 15 heavy (non-hydrogen) atoms. The van der Waals surface area contributed by atoms with Gasteiger partial charge in [-0.05, 0) is 6.42 Å². The van der Waals surface area contributed by atoms with Gasteiger partial charge in [0, 0.05) is 19.6 Å². The second-order valence-corrected chi connectivity index (χ2v) is 5.01. The van der Waals surface area contributed by atoms with Crippen molar-refractivity contribution in [2.45, 2.75) is 18.4 Å². The van der Waals surface area contributed by atoms with Crippen LogP contribution in [0.25, 0.3) is 0 Å². The van der Waals surface area contributed by atoms with Gasteiger partial charge in [0.15, 0.2) is 5.03 Å². The molecule has 0 atom stereocenters. The molecule has 7 heteroatoms. The predicted octanol–water partition coefficient (Wildman–Crippen LogP) is -0.231. The van der Waals surface area contributed by atoms with Gasteiger partial charge in [0.25, 0.3) is 10.0 Å². The van der Waals surface area contributed by atoms with E-state index in [1.165, 1.54) is 16.8 Å². The molecule has 0 amide bonds. The first-order chi connectivity index (χ1) is 7.12. The highest BCUT2D eigenvalue weighted by molar-refractivity contribution is 7.89. The van der Waals surface area contributed by atoms with E-state index in [-0.39, 0.29) is 5.03 Å². The summed E-state index contributed by atoms with van der Waals surface area (Å²) >= 11 is 0. The van der Waals surface area contributed by atoms with Gasteiger partial charge in [0.1, 0.15) is 0 Å². The highest BCUT2D eigenvalue weighted by Gasteiger charge is 2.23. The van der Waals surface area contributed by atoms with Crippen LogP contribution >= 0.6 is 0 Å². The Kier molecular flexibility index (Phi) is 4.25. The van der Waals surface area contributed by atoms with Crippen LogP contribution in [0, 0.1) is 0 Å². The van der Waals surface area contributed by atoms with E-state index in [1.54, 1.807) is 0 Å². The molecular formula is C8H16N4O2S. The van der Waals surface area contributed by atoms with Crippen molar-refractivity contribution in [1.29, 1.82) is 0 Å². The number of hydrogen-bond donors (Lipinski definition) is 2. The fourth-order valence-corrected chi connectivity index (χ4v) is 2.71. The van der Waals surface area contributed by atoms with Gasteiger partial charge in [0.2, 0.25) is 0 Å². The van der Waals surface area contributed by atoms with Crippen LogP contribution in [-0.2, 0) is 10.0 Å². The number of aromatic nitrogens is 2. The number of rotatable bonds is 6. The van der Waals surface area contributed by atoms with Gasteiger partial charge in [-0.2, -0.15) is 4.31 Å². The largest absolute Gasteiger partial charge is 0.335 e. The molecule has 0 saturated carbocycles. The topological polar surface area (TPSA) is 92.1 Å². The van der Waals surface area contributed by atoms with E-state index in [2.05, 4.69) is 9.97 Å². The number of hydrogen-bond acceptors (Lipinski definition) is 4. The minimum atomic E-state index is -3.45. The zero-order valence-corrected chi connectivity index (χ0v) is 9.50. The van der Waals surface area contributed by atoms with E-state index in [0.29, 0.717) is 19.6 Å². The number of sulfonamides is 1. The average molecular weight is 232 g/mol. The van der Waals surface area contributed by atoms with E-state index in [4.69, 9.17) is 5.73 Å². The maximum Gasteiger partial charge on any atom is 0.260 e. The van der Waals surface area contributed by atoms with Crippen LogP contribution in [0.2, 0.25) is 0 Å². The Hall–Kier alpha value is -0.920. The third-order valence-electron chi connectivity index (χ3n) is 1.94. The Balaban J connectivity index is 2.91. The highest BCUT2D eigenvalue weighted by Crippen LogP contribution is 2.11. The molecule has 1 aromatic rings. The van der Waals surface area contributed by atoms with Gasteiger partial charge in [-0.1, -0.05) is 6.92 Å². The van der Waals surface area contributed by atoms with E-state index < -0.39 is 10.0 Å². The minimum Gasteiger partial charge on any atom is -0.335 e. The zero-order valence-electron chi connectivity index (χ0n) is 8.68. The maximum atomic E-state index is 12.0. The fourth-order valence-electron chi connectivity index (χ4n) is 1.27. The summed E-state index contributed by atoms with van der Waals surface area (Å²) in [6.07, 6.45) is 3.40. The molecule has 1 rings (SSSR count). The first-order valence-corrected chi connectivity index (χ1v) is 6.25. The summed E-state index contributed by atoms with van der Waals surface area (Å²) in [5, 5.41) is 0.115. The van der Waals surface area contributed by atoms with Gasteiger partial charge in [-0.15, -0.1) is 0 Å². The van der Waals surface area contributed by atoms with Crippen molar-refractivity contribution in [3.8, 4) is 0 Å². The molecule has 3 N–H and O–H groups in total. The molecule has 0 radical (unpaired) electrons. The monoisotopic (exact) mass is 232 g/mol. The number of nitrogens with zero attached hydrogens (tertiary/aromatic N) is 2. The standard InChI is InChI=1S/C8H16N4O2S/c1-2-4-12(5-3-9)15(13,14)8-6-10-7-11-8/h6-7H,2-5,9H2,1H3,(H,10,11). The Morgan fingerprint density at radius 1 is 1.53 bits per heavy atom. The Labute approximate surface area is 89.5 Å². The molecule has 0 aromatic carbocycles. The molecule has 0 fully saturated rings. The molecule has 0 saturated heterocycles. The highest BCUT2D eigenvalue weighted by atomic mass is 32.2. The molecule has 6 nitrogen and oxygen atoms in total. The van der Waals surface area contributed by atoms with Crippen molar-refractivity contribution in [3.63, 3.8) is 0 Å².